The second-order valence-electron chi connectivity index (χ2n) is 4.06. The molecule has 0 atom stereocenters. The van der Waals surface area contributed by atoms with Gasteiger partial charge in [-0.25, -0.2) is 4.39 Å². The van der Waals surface area contributed by atoms with Gasteiger partial charge in [-0.1, -0.05) is 35.3 Å². The molecule has 0 aliphatic carbocycles. The van der Waals surface area contributed by atoms with Gasteiger partial charge in [0, 0.05) is 11.1 Å². The van der Waals surface area contributed by atoms with E-state index in [0.29, 0.717) is 21.9 Å². The molecule has 0 amide bonds. The molecule has 2 aromatic carbocycles. The van der Waals surface area contributed by atoms with Crippen LogP contribution in [0.15, 0.2) is 36.4 Å². The number of nitrogen functional groups attached to an aromatic ring is 1. The lowest BCUT2D eigenvalue weighted by molar-refractivity contribution is 0.305. The zero-order valence-corrected chi connectivity index (χ0v) is 11.8. The number of nitrogens with two attached hydrogens (primary N) is 1. The largest absolute Gasteiger partial charge is 0.489 e. The molecule has 0 aliphatic heterocycles. The molecule has 0 aliphatic rings. The molecular formula is C14H11Cl2FN2O. The molecule has 0 unspecified atom stereocenters. The standard InChI is InChI=1S/C14H11Cl2FN2O/c15-11-6-9(4-5-10(11)14(18)19)20-7-8-2-1-3-12(17)13(8)16/h1-6H,7H2,(H3,18,19). The van der Waals surface area contributed by atoms with Crippen molar-refractivity contribution < 1.29 is 9.13 Å². The summed E-state index contributed by atoms with van der Waals surface area (Å²) in [5.41, 5.74) is 6.34. The lowest BCUT2D eigenvalue weighted by atomic mass is 10.2. The summed E-state index contributed by atoms with van der Waals surface area (Å²) in [4.78, 5) is 0. The Morgan fingerprint density at radius 2 is 2.00 bits per heavy atom. The lowest BCUT2D eigenvalue weighted by Gasteiger charge is -2.10. The van der Waals surface area contributed by atoms with Crippen LogP contribution in [0.25, 0.3) is 0 Å². The number of hydrogen-bond acceptors (Lipinski definition) is 2. The van der Waals surface area contributed by atoms with Gasteiger partial charge in [-0.3, -0.25) is 5.41 Å². The summed E-state index contributed by atoms with van der Waals surface area (Å²) < 4.78 is 18.8. The summed E-state index contributed by atoms with van der Waals surface area (Å²) in [7, 11) is 0. The number of rotatable bonds is 4. The van der Waals surface area contributed by atoms with Crippen LogP contribution in [0, 0.1) is 11.2 Å². The van der Waals surface area contributed by atoms with Gasteiger partial charge in [-0.2, -0.15) is 0 Å². The fourth-order valence-electron chi connectivity index (χ4n) is 1.63. The third kappa shape index (κ3) is 3.21. The summed E-state index contributed by atoms with van der Waals surface area (Å²) in [6.45, 7) is 0.117. The Labute approximate surface area is 125 Å². The molecule has 2 aromatic rings. The van der Waals surface area contributed by atoms with Crippen molar-refractivity contribution in [3.63, 3.8) is 0 Å². The predicted molar refractivity (Wildman–Crippen MR) is 78.2 cm³/mol. The van der Waals surface area contributed by atoms with Crippen LogP contribution in [0.4, 0.5) is 4.39 Å². The lowest BCUT2D eigenvalue weighted by Crippen LogP contribution is -2.11. The van der Waals surface area contributed by atoms with E-state index in [-0.39, 0.29) is 17.5 Å². The van der Waals surface area contributed by atoms with Crippen molar-refractivity contribution in [2.45, 2.75) is 6.61 Å². The quantitative estimate of drug-likeness (QED) is 0.662. The van der Waals surface area contributed by atoms with Gasteiger partial charge in [0.25, 0.3) is 0 Å². The molecular weight excluding hydrogens is 302 g/mol. The maximum Gasteiger partial charge on any atom is 0.142 e. The zero-order chi connectivity index (χ0) is 14.7. The minimum Gasteiger partial charge on any atom is -0.489 e. The molecule has 6 heteroatoms. The Balaban J connectivity index is 2.13. The summed E-state index contributed by atoms with van der Waals surface area (Å²) >= 11 is 11.8. The van der Waals surface area contributed by atoms with E-state index in [1.165, 1.54) is 6.07 Å². The highest BCUT2D eigenvalue weighted by Gasteiger charge is 2.08. The number of nitrogens with one attached hydrogen (secondary N) is 1. The van der Waals surface area contributed by atoms with Gasteiger partial charge in [0.05, 0.1) is 10.0 Å². The first kappa shape index (κ1) is 14.6. The van der Waals surface area contributed by atoms with Crippen LogP contribution in [0.3, 0.4) is 0 Å². The maximum absolute atomic E-state index is 13.3. The number of benzene rings is 2. The van der Waals surface area contributed by atoms with E-state index in [4.69, 9.17) is 39.1 Å². The third-order valence-electron chi connectivity index (χ3n) is 2.66. The maximum atomic E-state index is 13.3. The van der Waals surface area contributed by atoms with Crippen molar-refractivity contribution in [3.8, 4) is 5.75 Å². The molecule has 0 aromatic heterocycles. The highest BCUT2D eigenvalue weighted by atomic mass is 35.5. The Morgan fingerprint density at radius 1 is 1.25 bits per heavy atom. The zero-order valence-electron chi connectivity index (χ0n) is 10.3. The van der Waals surface area contributed by atoms with Crippen LogP contribution in [0.2, 0.25) is 10.0 Å². The molecule has 3 nitrogen and oxygen atoms in total. The van der Waals surface area contributed by atoms with Gasteiger partial charge in [0.2, 0.25) is 0 Å². The smallest absolute Gasteiger partial charge is 0.142 e. The number of ether oxygens (including phenoxy) is 1. The molecule has 0 saturated heterocycles. The van der Waals surface area contributed by atoms with Gasteiger partial charge in [-0.15, -0.1) is 0 Å². The summed E-state index contributed by atoms with van der Waals surface area (Å²) in [5, 5.41) is 7.69. The highest BCUT2D eigenvalue weighted by molar-refractivity contribution is 6.34. The molecule has 0 radical (unpaired) electrons. The van der Waals surface area contributed by atoms with Crippen molar-refractivity contribution in [1.82, 2.24) is 0 Å². The van der Waals surface area contributed by atoms with Crippen LogP contribution in [0.1, 0.15) is 11.1 Å². The average Bonchev–Trinajstić information content (AvgIpc) is 2.40. The van der Waals surface area contributed by atoms with E-state index in [2.05, 4.69) is 0 Å². The van der Waals surface area contributed by atoms with Gasteiger partial charge >= 0.3 is 0 Å². The first-order valence-electron chi connectivity index (χ1n) is 5.68. The van der Waals surface area contributed by atoms with Crippen LogP contribution in [0.5, 0.6) is 5.75 Å². The third-order valence-corrected chi connectivity index (χ3v) is 3.39. The number of halogens is 3. The van der Waals surface area contributed by atoms with Crippen molar-refractivity contribution in [1.29, 1.82) is 5.41 Å². The van der Waals surface area contributed by atoms with Crippen LogP contribution in [-0.4, -0.2) is 5.84 Å². The summed E-state index contributed by atoms with van der Waals surface area (Å²) in [5.74, 6) is -0.118. The van der Waals surface area contributed by atoms with E-state index in [1.807, 2.05) is 0 Å². The Hall–Kier alpha value is -1.78. The minimum atomic E-state index is -0.488. The molecule has 104 valence electrons. The average molecular weight is 313 g/mol. The summed E-state index contributed by atoms with van der Waals surface area (Å²) in [6.07, 6.45) is 0. The van der Waals surface area contributed by atoms with Crippen LogP contribution in [-0.2, 0) is 6.61 Å². The minimum absolute atomic E-state index is 0.0407. The first-order valence-corrected chi connectivity index (χ1v) is 6.44. The fraction of sp³-hybridized carbons (Fsp3) is 0.0714. The predicted octanol–water partition coefficient (Wildman–Crippen LogP) is 4.00. The van der Waals surface area contributed by atoms with E-state index in [9.17, 15) is 4.39 Å². The Morgan fingerprint density at radius 3 is 2.65 bits per heavy atom. The van der Waals surface area contributed by atoms with Crippen molar-refractivity contribution in [3.05, 3.63) is 63.4 Å². The Bertz CT molecular complexity index is 662. The molecule has 2 rings (SSSR count). The molecule has 0 saturated carbocycles. The van der Waals surface area contributed by atoms with Crippen molar-refractivity contribution in [2.75, 3.05) is 0 Å². The molecule has 0 spiro atoms. The first-order chi connectivity index (χ1) is 9.49. The molecule has 0 bridgehead atoms. The van der Waals surface area contributed by atoms with Gasteiger partial charge in [0.1, 0.15) is 24.0 Å². The van der Waals surface area contributed by atoms with Gasteiger partial charge in [-0.05, 0) is 24.3 Å². The monoisotopic (exact) mass is 312 g/mol. The molecule has 0 heterocycles. The van der Waals surface area contributed by atoms with Gasteiger partial charge in [0.15, 0.2) is 0 Å². The van der Waals surface area contributed by atoms with Crippen molar-refractivity contribution >= 4 is 29.0 Å². The molecule has 20 heavy (non-hydrogen) atoms. The SMILES string of the molecule is N=C(N)c1ccc(OCc2cccc(F)c2Cl)cc1Cl. The second-order valence-corrected chi connectivity index (χ2v) is 4.84. The van der Waals surface area contributed by atoms with Gasteiger partial charge < -0.3 is 10.5 Å². The van der Waals surface area contributed by atoms with E-state index < -0.39 is 5.82 Å². The number of hydrogen-bond donors (Lipinski definition) is 2. The normalized spacial score (nSPS) is 10.3. The topological polar surface area (TPSA) is 59.1 Å². The van der Waals surface area contributed by atoms with Crippen LogP contribution < -0.4 is 10.5 Å². The second kappa shape index (κ2) is 6.11. The molecule has 0 fully saturated rings. The van der Waals surface area contributed by atoms with Crippen LogP contribution >= 0.6 is 23.2 Å². The number of amidine groups is 1. The van der Waals surface area contributed by atoms with E-state index in [1.54, 1.807) is 30.3 Å². The van der Waals surface area contributed by atoms with E-state index in [0.717, 1.165) is 0 Å². The Kier molecular flexibility index (Phi) is 4.47. The fourth-order valence-corrected chi connectivity index (χ4v) is 2.08. The molecule has 3 N–H and O–H groups in total. The summed E-state index contributed by atoms with van der Waals surface area (Å²) in [6, 6.07) is 9.29. The highest BCUT2D eigenvalue weighted by Crippen LogP contribution is 2.25. The van der Waals surface area contributed by atoms with Crippen molar-refractivity contribution in [2.24, 2.45) is 5.73 Å². The van der Waals surface area contributed by atoms with E-state index >= 15 is 0 Å².